The molecule has 0 aliphatic rings. The van der Waals surface area contributed by atoms with Crippen molar-refractivity contribution in [2.24, 2.45) is 0 Å². The van der Waals surface area contributed by atoms with Crippen LogP contribution in [0.5, 0.6) is 0 Å². The summed E-state index contributed by atoms with van der Waals surface area (Å²) in [5.74, 6) is -2.00. The Morgan fingerprint density at radius 2 is 1.94 bits per heavy atom. The van der Waals surface area contributed by atoms with Crippen LogP contribution in [-0.4, -0.2) is 16.0 Å². The molecule has 0 amide bonds. The number of halogens is 4. The van der Waals surface area contributed by atoms with E-state index in [0.29, 0.717) is 12.1 Å². The standard InChI is InChI=1S/C8H3BrF3NO4/c9-3-1-4(8(10,11)12)6(7(14)15)5(2-3)13(16)17/h1-2H,(H,14,15). The first-order chi connectivity index (χ1) is 7.64. The number of alkyl halides is 3. The quantitative estimate of drug-likeness (QED) is 0.672. The minimum Gasteiger partial charge on any atom is -0.477 e. The minimum atomic E-state index is -4.98. The molecular formula is C8H3BrF3NO4. The first-order valence-electron chi connectivity index (χ1n) is 3.93. The molecular weight excluding hydrogens is 311 g/mol. The summed E-state index contributed by atoms with van der Waals surface area (Å²) in [6.45, 7) is 0. The summed E-state index contributed by atoms with van der Waals surface area (Å²) in [5, 5.41) is 19.1. The number of nitro benzene ring substituents is 1. The lowest BCUT2D eigenvalue weighted by Gasteiger charge is -2.10. The van der Waals surface area contributed by atoms with Crippen LogP contribution in [0, 0.1) is 10.1 Å². The summed E-state index contributed by atoms with van der Waals surface area (Å²) in [6, 6.07) is 1.19. The Balaban J connectivity index is 3.70. The van der Waals surface area contributed by atoms with Gasteiger partial charge in [0.05, 0.1) is 10.5 Å². The first kappa shape index (κ1) is 13.4. The second kappa shape index (κ2) is 4.32. The third-order valence-corrected chi connectivity index (χ3v) is 2.26. The number of hydrogen-bond acceptors (Lipinski definition) is 3. The van der Waals surface area contributed by atoms with Gasteiger partial charge in [-0.3, -0.25) is 10.1 Å². The fourth-order valence-corrected chi connectivity index (χ4v) is 1.63. The number of carboxylic acids is 1. The lowest BCUT2D eigenvalue weighted by molar-refractivity contribution is -0.385. The molecule has 0 aliphatic carbocycles. The number of hydrogen-bond donors (Lipinski definition) is 1. The van der Waals surface area contributed by atoms with E-state index in [2.05, 4.69) is 15.9 Å². The zero-order valence-electron chi connectivity index (χ0n) is 7.79. The van der Waals surface area contributed by atoms with Crippen LogP contribution in [0.3, 0.4) is 0 Å². The van der Waals surface area contributed by atoms with E-state index < -0.39 is 33.9 Å². The molecule has 1 rings (SSSR count). The molecule has 5 nitrogen and oxygen atoms in total. The van der Waals surface area contributed by atoms with Crippen molar-refractivity contribution in [2.75, 3.05) is 0 Å². The molecule has 0 spiro atoms. The van der Waals surface area contributed by atoms with Crippen LogP contribution >= 0.6 is 15.9 Å². The van der Waals surface area contributed by atoms with Crippen molar-refractivity contribution >= 4 is 27.6 Å². The van der Waals surface area contributed by atoms with Crippen molar-refractivity contribution in [3.63, 3.8) is 0 Å². The van der Waals surface area contributed by atoms with Gasteiger partial charge in [-0.05, 0) is 6.07 Å². The Bertz CT molecular complexity index is 500. The molecule has 1 aromatic carbocycles. The summed E-state index contributed by atoms with van der Waals surface area (Å²) in [4.78, 5) is 20.0. The van der Waals surface area contributed by atoms with Gasteiger partial charge < -0.3 is 5.11 Å². The van der Waals surface area contributed by atoms with Crippen LogP contribution in [-0.2, 0) is 6.18 Å². The third kappa shape index (κ3) is 2.73. The number of rotatable bonds is 2. The SMILES string of the molecule is O=C(O)c1c([N+](=O)[O-])cc(Br)cc1C(F)(F)F. The van der Waals surface area contributed by atoms with Crippen molar-refractivity contribution in [1.82, 2.24) is 0 Å². The van der Waals surface area contributed by atoms with Gasteiger partial charge in [-0.2, -0.15) is 13.2 Å². The lowest BCUT2D eigenvalue weighted by Crippen LogP contribution is -2.15. The van der Waals surface area contributed by atoms with E-state index in [1.54, 1.807) is 0 Å². The summed E-state index contributed by atoms with van der Waals surface area (Å²) >= 11 is 2.66. The number of benzene rings is 1. The van der Waals surface area contributed by atoms with Gasteiger partial charge in [-0.15, -0.1) is 0 Å². The molecule has 0 aromatic heterocycles. The van der Waals surface area contributed by atoms with Gasteiger partial charge in [-0.1, -0.05) is 15.9 Å². The fourth-order valence-electron chi connectivity index (χ4n) is 1.18. The normalized spacial score (nSPS) is 11.3. The minimum absolute atomic E-state index is 0.221. The molecule has 0 saturated heterocycles. The van der Waals surface area contributed by atoms with Crippen LogP contribution in [0.25, 0.3) is 0 Å². The van der Waals surface area contributed by atoms with E-state index in [9.17, 15) is 28.1 Å². The van der Waals surface area contributed by atoms with Gasteiger partial charge in [-0.25, -0.2) is 4.79 Å². The molecule has 17 heavy (non-hydrogen) atoms. The molecule has 0 heterocycles. The van der Waals surface area contributed by atoms with Gasteiger partial charge in [0, 0.05) is 10.5 Å². The maximum absolute atomic E-state index is 12.5. The molecule has 0 atom stereocenters. The monoisotopic (exact) mass is 313 g/mol. The van der Waals surface area contributed by atoms with Gasteiger partial charge in [0.1, 0.15) is 5.56 Å². The summed E-state index contributed by atoms with van der Waals surface area (Å²) < 4.78 is 37.4. The Morgan fingerprint density at radius 1 is 1.41 bits per heavy atom. The largest absolute Gasteiger partial charge is 0.477 e. The highest BCUT2D eigenvalue weighted by atomic mass is 79.9. The first-order valence-corrected chi connectivity index (χ1v) is 4.72. The number of carbonyl (C=O) groups is 1. The van der Waals surface area contributed by atoms with Crippen LogP contribution in [0.4, 0.5) is 18.9 Å². The number of carboxylic acid groups (broad SMARTS) is 1. The molecule has 1 N–H and O–H groups in total. The lowest BCUT2D eigenvalue weighted by atomic mass is 10.1. The van der Waals surface area contributed by atoms with Crippen LogP contribution in [0.15, 0.2) is 16.6 Å². The second-order valence-electron chi connectivity index (χ2n) is 2.91. The van der Waals surface area contributed by atoms with Crippen molar-refractivity contribution < 1.29 is 28.0 Å². The number of aromatic carboxylic acids is 1. The predicted molar refractivity (Wildman–Crippen MR) is 52.8 cm³/mol. The van der Waals surface area contributed by atoms with Gasteiger partial charge in [0.2, 0.25) is 0 Å². The van der Waals surface area contributed by atoms with Gasteiger partial charge >= 0.3 is 12.1 Å². The van der Waals surface area contributed by atoms with E-state index in [-0.39, 0.29) is 4.47 Å². The number of nitro groups is 1. The van der Waals surface area contributed by atoms with E-state index in [0.717, 1.165) is 0 Å². The average molecular weight is 314 g/mol. The molecule has 1 aromatic rings. The topological polar surface area (TPSA) is 80.4 Å². The van der Waals surface area contributed by atoms with E-state index >= 15 is 0 Å². The Hall–Kier alpha value is -1.64. The molecule has 0 radical (unpaired) electrons. The van der Waals surface area contributed by atoms with E-state index in [1.165, 1.54) is 0 Å². The molecule has 0 fully saturated rings. The molecule has 9 heteroatoms. The Morgan fingerprint density at radius 3 is 2.29 bits per heavy atom. The highest BCUT2D eigenvalue weighted by Crippen LogP contribution is 2.38. The van der Waals surface area contributed by atoms with E-state index in [4.69, 9.17) is 5.11 Å². The maximum Gasteiger partial charge on any atom is 0.417 e. The van der Waals surface area contributed by atoms with Crippen LogP contribution in [0.2, 0.25) is 0 Å². The Labute approximate surface area is 100 Å². The second-order valence-corrected chi connectivity index (χ2v) is 3.82. The van der Waals surface area contributed by atoms with Gasteiger partial charge in [0.15, 0.2) is 0 Å². The maximum atomic E-state index is 12.5. The summed E-state index contributed by atoms with van der Waals surface area (Å²) in [6.07, 6.45) is -4.98. The van der Waals surface area contributed by atoms with E-state index in [1.807, 2.05) is 0 Å². The smallest absolute Gasteiger partial charge is 0.417 e. The zero-order chi connectivity index (χ0) is 13.4. The average Bonchev–Trinajstić information content (AvgIpc) is 2.14. The van der Waals surface area contributed by atoms with Crippen LogP contribution < -0.4 is 0 Å². The molecule has 0 unspecified atom stereocenters. The highest BCUT2D eigenvalue weighted by molar-refractivity contribution is 9.10. The molecule has 0 bridgehead atoms. The van der Waals surface area contributed by atoms with Crippen molar-refractivity contribution in [1.29, 1.82) is 0 Å². The molecule has 92 valence electrons. The fraction of sp³-hybridized carbons (Fsp3) is 0.125. The zero-order valence-corrected chi connectivity index (χ0v) is 9.37. The Kier molecular flexibility index (Phi) is 3.41. The van der Waals surface area contributed by atoms with Crippen LogP contribution in [0.1, 0.15) is 15.9 Å². The highest BCUT2D eigenvalue weighted by Gasteiger charge is 2.40. The summed E-state index contributed by atoms with van der Waals surface area (Å²) in [7, 11) is 0. The summed E-state index contributed by atoms with van der Waals surface area (Å²) in [5.41, 5.74) is -4.05. The van der Waals surface area contributed by atoms with Crippen molar-refractivity contribution in [3.05, 3.63) is 37.8 Å². The molecule has 0 saturated carbocycles. The third-order valence-electron chi connectivity index (χ3n) is 1.80. The van der Waals surface area contributed by atoms with Gasteiger partial charge in [0.25, 0.3) is 5.69 Å². The van der Waals surface area contributed by atoms with Crippen molar-refractivity contribution in [2.45, 2.75) is 6.18 Å². The predicted octanol–water partition coefficient (Wildman–Crippen LogP) is 3.07. The number of nitrogens with zero attached hydrogens (tertiary/aromatic N) is 1. The molecule has 0 aliphatic heterocycles. The van der Waals surface area contributed by atoms with Crippen molar-refractivity contribution in [3.8, 4) is 0 Å².